The Morgan fingerprint density at radius 1 is 1.37 bits per heavy atom. The first-order valence-corrected chi connectivity index (χ1v) is 6.15. The summed E-state index contributed by atoms with van der Waals surface area (Å²) in [5.74, 6) is 0.676. The zero-order valence-corrected chi connectivity index (χ0v) is 11.7. The molecule has 0 saturated heterocycles. The van der Waals surface area contributed by atoms with Crippen molar-refractivity contribution in [3.05, 3.63) is 30.1 Å². The zero-order chi connectivity index (χ0) is 14.0. The number of aromatic nitrogens is 2. The molecule has 0 fully saturated rings. The van der Waals surface area contributed by atoms with Crippen LogP contribution in [0, 0.1) is 5.41 Å². The molecule has 2 heterocycles. The monoisotopic (exact) mass is 258 g/mol. The van der Waals surface area contributed by atoms with Crippen molar-refractivity contribution in [1.82, 2.24) is 9.97 Å². The molecule has 0 bridgehead atoms. The second-order valence-corrected chi connectivity index (χ2v) is 5.49. The number of ketones is 1. The Balaban J connectivity index is 2.27. The van der Waals surface area contributed by atoms with E-state index in [0.29, 0.717) is 5.88 Å². The summed E-state index contributed by atoms with van der Waals surface area (Å²) in [6.45, 7) is 5.71. The van der Waals surface area contributed by atoms with Gasteiger partial charge < -0.3 is 9.72 Å². The largest absolute Gasteiger partial charge is 0.481 e. The molecule has 19 heavy (non-hydrogen) atoms. The number of ether oxygens (including phenoxy) is 1. The van der Waals surface area contributed by atoms with E-state index < -0.39 is 0 Å². The summed E-state index contributed by atoms with van der Waals surface area (Å²) in [5, 5.41) is 1.01. The highest BCUT2D eigenvalue weighted by molar-refractivity contribution is 5.97. The molecule has 2 rings (SSSR count). The zero-order valence-electron chi connectivity index (χ0n) is 11.7. The van der Waals surface area contributed by atoms with Crippen LogP contribution < -0.4 is 4.74 Å². The fourth-order valence-electron chi connectivity index (χ4n) is 1.65. The summed E-state index contributed by atoms with van der Waals surface area (Å²) in [6.07, 6.45) is 5.12. The summed E-state index contributed by atoms with van der Waals surface area (Å²) in [7, 11) is 1.59. The average molecular weight is 258 g/mol. The lowest BCUT2D eigenvalue weighted by Crippen LogP contribution is -2.17. The molecule has 100 valence electrons. The summed E-state index contributed by atoms with van der Waals surface area (Å²) in [5.41, 5.74) is 1.44. The molecule has 0 atom stereocenters. The second kappa shape index (κ2) is 4.88. The summed E-state index contributed by atoms with van der Waals surface area (Å²) in [6, 6.07) is 3.82. The number of allylic oxidation sites excluding steroid dienone is 1. The van der Waals surface area contributed by atoms with Crippen molar-refractivity contribution >= 4 is 22.8 Å². The normalized spacial score (nSPS) is 12.2. The molecule has 0 aliphatic carbocycles. The van der Waals surface area contributed by atoms with Crippen molar-refractivity contribution in [1.29, 1.82) is 0 Å². The van der Waals surface area contributed by atoms with Crippen LogP contribution in [-0.4, -0.2) is 22.9 Å². The van der Waals surface area contributed by atoms with Gasteiger partial charge in [-0.3, -0.25) is 4.79 Å². The van der Waals surface area contributed by atoms with Crippen LogP contribution in [0.2, 0.25) is 0 Å². The lowest BCUT2D eigenvalue weighted by atomic mass is 9.90. The third kappa shape index (κ3) is 3.02. The number of hydrogen-bond donors (Lipinski definition) is 1. The van der Waals surface area contributed by atoms with E-state index in [1.807, 2.05) is 32.9 Å². The molecule has 0 aromatic carbocycles. The third-order valence-electron chi connectivity index (χ3n) is 2.86. The van der Waals surface area contributed by atoms with Crippen molar-refractivity contribution in [3.8, 4) is 5.88 Å². The van der Waals surface area contributed by atoms with Crippen molar-refractivity contribution in [2.45, 2.75) is 20.8 Å². The number of hydrogen-bond acceptors (Lipinski definition) is 3. The van der Waals surface area contributed by atoms with Crippen molar-refractivity contribution in [3.63, 3.8) is 0 Å². The molecule has 0 amide bonds. The summed E-state index contributed by atoms with van der Waals surface area (Å²) >= 11 is 0. The first-order valence-electron chi connectivity index (χ1n) is 6.15. The number of nitrogens with one attached hydrogen (secondary N) is 1. The maximum absolute atomic E-state index is 11.8. The third-order valence-corrected chi connectivity index (χ3v) is 2.86. The smallest absolute Gasteiger partial charge is 0.213 e. The molecule has 2 aromatic rings. The molecule has 0 radical (unpaired) electrons. The number of carbonyl (C=O) groups excluding carboxylic acids is 1. The topological polar surface area (TPSA) is 55.0 Å². The molecule has 1 N–H and O–H groups in total. The fourth-order valence-corrected chi connectivity index (χ4v) is 1.65. The van der Waals surface area contributed by atoms with E-state index in [0.717, 1.165) is 16.6 Å². The molecule has 0 saturated carbocycles. The summed E-state index contributed by atoms with van der Waals surface area (Å²) in [4.78, 5) is 19.1. The Morgan fingerprint density at radius 2 is 2.11 bits per heavy atom. The van der Waals surface area contributed by atoms with Crippen LogP contribution in [0.4, 0.5) is 0 Å². The van der Waals surface area contributed by atoms with E-state index in [2.05, 4.69) is 9.97 Å². The Morgan fingerprint density at radius 3 is 2.74 bits per heavy atom. The van der Waals surface area contributed by atoms with E-state index in [9.17, 15) is 4.79 Å². The number of aromatic amines is 1. The Labute approximate surface area is 112 Å². The van der Waals surface area contributed by atoms with Crippen LogP contribution in [0.3, 0.4) is 0 Å². The first-order chi connectivity index (χ1) is 8.90. The maximum Gasteiger partial charge on any atom is 0.213 e. The molecule has 4 nitrogen and oxygen atoms in total. The van der Waals surface area contributed by atoms with Gasteiger partial charge in [-0.1, -0.05) is 20.8 Å². The number of carbonyl (C=O) groups is 1. The van der Waals surface area contributed by atoms with Gasteiger partial charge in [0.2, 0.25) is 5.88 Å². The van der Waals surface area contributed by atoms with E-state index in [1.54, 1.807) is 25.5 Å². The lowest BCUT2D eigenvalue weighted by Gasteiger charge is -2.12. The van der Waals surface area contributed by atoms with E-state index in [-0.39, 0.29) is 11.2 Å². The van der Waals surface area contributed by atoms with Gasteiger partial charge in [0.25, 0.3) is 0 Å². The second-order valence-electron chi connectivity index (χ2n) is 5.49. The van der Waals surface area contributed by atoms with Crippen LogP contribution in [0.5, 0.6) is 5.88 Å². The quantitative estimate of drug-likeness (QED) is 0.860. The first kappa shape index (κ1) is 13.3. The molecule has 4 heteroatoms. The van der Waals surface area contributed by atoms with Crippen LogP contribution in [0.25, 0.3) is 17.0 Å². The van der Waals surface area contributed by atoms with Crippen LogP contribution in [0.1, 0.15) is 26.5 Å². The van der Waals surface area contributed by atoms with Gasteiger partial charge in [-0.05, 0) is 18.2 Å². The number of pyridine rings is 1. The summed E-state index contributed by atoms with van der Waals surface area (Å²) < 4.78 is 5.08. The number of fused-ring (bicyclic) bond motifs is 1. The van der Waals surface area contributed by atoms with Gasteiger partial charge in [-0.15, -0.1) is 0 Å². The van der Waals surface area contributed by atoms with Crippen molar-refractivity contribution in [2.75, 3.05) is 7.11 Å². The van der Waals surface area contributed by atoms with Gasteiger partial charge >= 0.3 is 0 Å². The molecule has 0 unspecified atom stereocenters. The molecular weight excluding hydrogens is 240 g/mol. The minimum atomic E-state index is -0.354. The van der Waals surface area contributed by atoms with E-state index >= 15 is 0 Å². The van der Waals surface area contributed by atoms with Gasteiger partial charge in [0.15, 0.2) is 5.78 Å². The molecule has 2 aromatic heterocycles. The highest BCUT2D eigenvalue weighted by atomic mass is 16.5. The van der Waals surface area contributed by atoms with E-state index in [4.69, 9.17) is 4.74 Å². The van der Waals surface area contributed by atoms with E-state index in [1.165, 1.54) is 0 Å². The van der Waals surface area contributed by atoms with Gasteiger partial charge in [0.05, 0.1) is 18.8 Å². The van der Waals surface area contributed by atoms with Gasteiger partial charge in [0, 0.05) is 22.6 Å². The predicted molar refractivity (Wildman–Crippen MR) is 76.1 cm³/mol. The lowest BCUT2D eigenvalue weighted by molar-refractivity contribution is -0.121. The highest BCUT2D eigenvalue weighted by Gasteiger charge is 2.17. The minimum absolute atomic E-state index is 0.0989. The van der Waals surface area contributed by atoms with Crippen LogP contribution in [0.15, 0.2) is 24.4 Å². The highest BCUT2D eigenvalue weighted by Crippen LogP contribution is 2.20. The molecule has 0 aliphatic heterocycles. The van der Waals surface area contributed by atoms with Gasteiger partial charge in [-0.25, -0.2) is 4.98 Å². The van der Waals surface area contributed by atoms with Gasteiger partial charge in [-0.2, -0.15) is 0 Å². The SMILES string of the molecule is COc1cc2cc(/C=C/C(=O)C(C)(C)C)[nH]c2cn1. The Kier molecular flexibility index (Phi) is 3.42. The van der Waals surface area contributed by atoms with Crippen LogP contribution >= 0.6 is 0 Å². The van der Waals surface area contributed by atoms with Gasteiger partial charge in [0.1, 0.15) is 0 Å². The number of rotatable bonds is 3. The fraction of sp³-hybridized carbons (Fsp3) is 0.333. The predicted octanol–water partition coefficient (Wildman–Crippen LogP) is 3.20. The standard InChI is InChI=1S/C15H18N2O2/c1-15(2,3)13(18)6-5-11-7-10-8-14(19-4)16-9-12(10)17-11/h5-9,17H,1-4H3/b6-5+. The number of H-pyrrole nitrogens is 1. The number of nitrogens with zero attached hydrogens (tertiary/aromatic N) is 1. The van der Waals surface area contributed by atoms with Crippen LogP contribution in [-0.2, 0) is 4.79 Å². The van der Waals surface area contributed by atoms with Crippen molar-refractivity contribution in [2.24, 2.45) is 5.41 Å². The maximum atomic E-state index is 11.8. The Bertz CT molecular complexity index is 633. The number of methoxy groups -OCH3 is 1. The Hall–Kier alpha value is -2.10. The molecule has 0 aliphatic rings. The average Bonchev–Trinajstić information content (AvgIpc) is 2.76. The molecular formula is C15H18N2O2. The molecule has 0 spiro atoms. The van der Waals surface area contributed by atoms with Crippen molar-refractivity contribution < 1.29 is 9.53 Å². The minimum Gasteiger partial charge on any atom is -0.481 e.